The van der Waals surface area contributed by atoms with Crippen molar-refractivity contribution in [3.05, 3.63) is 11.9 Å². The Morgan fingerprint density at radius 2 is 2.30 bits per heavy atom. The van der Waals surface area contributed by atoms with Gasteiger partial charge in [-0.25, -0.2) is 15.8 Å². The minimum Gasteiger partial charge on any atom is -0.396 e. The van der Waals surface area contributed by atoms with Crippen LogP contribution in [0.15, 0.2) is 6.33 Å². The van der Waals surface area contributed by atoms with Crippen molar-refractivity contribution in [1.29, 1.82) is 0 Å². The lowest BCUT2D eigenvalue weighted by Gasteiger charge is -2.37. The number of aliphatic hydroxyl groups is 1. The largest absolute Gasteiger partial charge is 0.396 e. The van der Waals surface area contributed by atoms with Gasteiger partial charge in [-0.05, 0) is 32.1 Å². The van der Waals surface area contributed by atoms with Crippen molar-refractivity contribution in [3.8, 4) is 0 Å². The summed E-state index contributed by atoms with van der Waals surface area (Å²) in [5.41, 5.74) is 3.77. The first-order valence-electron chi connectivity index (χ1n) is 7.49. The molecule has 1 fully saturated rings. The van der Waals surface area contributed by atoms with Crippen molar-refractivity contribution in [2.45, 2.75) is 51.5 Å². The molecule has 0 saturated carbocycles. The van der Waals surface area contributed by atoms with E-state index >= 15 is 0 Å². The van der Waals surface area contributed by atoms with E-state index in [4.69, 9.17) is 5.84 Å². The molecule has 0 radical (unpaired) electrons. The van der Waals surface area contributed by atoms with Gasteiger partial charge in [0.05, 0.1) is 0 Å². The van der Waals surface area contributed by atoms with E-state index < -0.39 is 0 Å². The molecular formula is C14H25N5O. The molecule has 4 N–H and O–H groups in total. The number of aliphatic hydroxyl groups excluding tert-OH is 1. The van der Waals surface area contributed by atoms with E-state index in [1.54, 1.807) is 6.33 Å². The van der Waals surface area contributed by atoms with E-state index in [0.717, 1.165) is 43.6 Å². The predicted molar refractivity (Wildman–Crippen MR) is 80.5 cm³/mol. The molecule has 1 unspecified atom stereocenters. The van der Waals surface area contributed by atoms with Crippen molar-refractivity contribution in [3.63, 3.8) is 0 Å². The second-order valence-electron chi connectivity index (χ2n) is 5.27. The number of rotatable bonds is 6. The van der Waals surface area contributed by atoms with Crippen LogP contribution >= 0.6 is 0 Å². The first-order chi connectivity index (χ1) is 9.81. The van der Waals surface area contributed by atoms with Crippen LogP contribution in [0.3, 0.4) is 0 Å². The maximum atomic E-state index is 9.26. The van der Waals surface area contributed by atoms with Gasteiger partial charge in [-0.3, -0.25) is 0 Å². The van der Waals surface area contributed by atoms with E-state index in [0.29, 0.717) is 11.9 Å². The maximum Gasteiger partial charge on any atom is 0.148 e. The Labute approximate surface area is 120 Å². The Hall–Kier alpha value is -1.40. The van der Waals surface area contributed by atoms with Crippen LogP contribution in [0.5, 0.6) is 0 Å². The van der Waals surface area contributed by atoms with Crippen LogP contribution in [0.4, 0.5) is 11.6 Å². The lowest BCUT2D eigenvalue weighted by Crippen LogP contribution is -2.41. The predicted octanol–water partition coefficient (Wildman–Crippen LogP) is 1.46. The number of anilines is 2. The minimum atomic E-state index is 0.220. The third kappa shape index (κ3) is 3.19. The molecule has 1 aromatic heterocycles. The van der Waals surface area contributed by atoms with Gasteiger partial charge in [-0.15, -0.1) is 0 Å². The highest BCUT2D eigenvalue weighted by Crippen LogP contribution is 2.30. The molecule has 0 bridgehead atoms. The summed E-state index contributed by atoms with van der Waals surface area (Å²) in [5, 5.41) is 9.26. The summed E-state index contributed by atoms with van der Waals surface area (Å²) >= 11 is 0. The third-order valence-electron chi connectivity index (χ3n) is 3.92. The highest BCUT2D eigenvalue weighted by atomic mass is 16.3. The van der Waals surface area contributed by atoms with Crippen LogP contribution in [0.1, 0.15) is 44.6 Å². The second kappa shape index (κ2) is 7.40. The molecule has 1 saturated heterocycles. The van der Waals surface area contributed by atoms with Crippen LogP contribution < -0.4 is 16.2 Å². The highest BCUT2D eigenvalue weighted by Gasteiger charge is 2.26. The number of nitrogens with one attached hydrogen (secondary N) is 1. The molecule has 20 heavy (non-hydrogen) atoms. The number of nitrogen functional groups attached to an aromatic ring is 1. The van der Waals surface area contributed by atoms with Crippen LogP contribution in [0.25, 0.3) is 0 Å². The van der Waals surface area contributed by atoms with Gasteiger partial charge < -0.3 is 15.4 Å². The summed E-state index contributed by atoms with van der Waals surface area (Å²) in [7, 11) is 0. The Kier molecular flexibility index (Phi) is 5.55. The SMILES string of the molecule is CCCc1c(NN)ncnc1N1CCCCC1CCO. The molecule has 112 valence electrons. The summed E-state index contributed by atoms with van der Waals surface area (Å²) < 4.78 is 0. The summed E-state index contributed by atoms with van der Waals surface area (Å²) in [6, 6.07) is 0.366. The molecule has 0 aliphatic carbocycles. The van der Waals surface area contributed by atoms with Crippen LogP contribution in [0.2, 0.25) is 0 Å². The lowest BCUT2D eigenvalue weighted by atomic mass is 9.98. The molecule has 6 heteroatoms. The van der Waals surface area contributed by atoms with Gasteiger partial charge in [0.15, 0.2) is 0 Å². The lowest BCUT2D eigenvalue weighted by molar-refractivity contribution is 0.262. The zero-order valence-corrected chi connectivity index (χ0v) is 12.2. The quantitative estimate of drug-likeness (QED) is 0.540. The normalized spacial score (nSPS) is 19.1. The maximum absolute atomic E-state index is 9.26. The molecule has 1 aromatic rings. The fourth-order valence-corrected chi connectivity index (χ4v) is 2.98. The van der Waals surface area contributed by atoms with Crippen molar-refractivity contribution >= 4 is 11.6 Å². The molecular weight excluding hydrogens is 254 g/mol. The molecule has 2 heterocycles. The molecule has 0 spiro atoms. The Bertz CT molecular complexity index is 424. The van der Waals surface area contributed by atoms with Crippen LogP contribution in [-0.4, -0.2) is 34.3 Å². The summed E-state index contributed by atoms with van der Waals surface area (Å²) in [5.74, 6) is 7.27. The van der Waals surface area contributed by atoms with E-state index in [-0.39, 0.29) is 6.61 Å². The van der Waals surface area contributed by atoms with Crippen molar-refractivity contribution in [2.24, 2.45) is 5.84 Å². The number of hydrogen-bond donors (Lipinski definition) is 3. The Morgan fingerprint density at radius 1 is 1.45 bits per heavy atom. The zero-order chi connectivity index (χ0) is 14.4. The monoisotopic (exact) mass is 279 g/mol. The first kappa shape index (κ1) is 15.0. The van der Waals surface area contributed by atoms with Crippen molar-refractivity contribution in [2.75, 3.05) is 23.5 Å². The van der Waals surface area contributed by atoms with Crippen LogP contribution in [-0.2, 0) is 6.42 Å². The molecule has 0 amide bonds. The molecule has 1 aliphatic rings. The average Bonchev–Trinajstić information content (AvgIpc) is 2.49. The van der Waals surface area contributed by atoms with E-state index in [1.807, 2.05) is 0 Å². The van der Waals surface area contributed by atoms with E-state index in [9.17, 15) is 5.11 Å². The van der Waals surface area contributed by atoms with Gasteiger partial charge >= 0.3 is 0 Å². The minimum absolute atomic E-state index is 0.220. The van der Waals surface area contributed by atoms with Gasteiger partial charge in [0, 0.05) is 24.8 Å². The fraction of sp³-hybridized carbons (Fsp3) is 0.714. The number of piperidine rings is 1. The average molecular weight is 279 g/mol. The number of nitrogens with two attached hydrogens (primary N) is 1. The molecule has 2 rings (SSSR count). The van der Waals surface area contributed by atoms with Crippen molar-refractivity contribution < 1.29 is 5.11 Å². The number of hydrogen-bond acceptors (Lipinski definition) is 6. The topological polar surface area (TPSA) is 87.3 Å². The van der Waals surface area contributed by atoms with Gasteiger partial charge in [-0.1, -0.05) is 13.3 Å². The van der Waals surface area contributed by atoms with Gasteiger partial charge in [0.2, 0.25) is 0 Å². The summed E-state index contributed by atoms with van der Waals surface area (Å²) in [4.78, 5) is 11.0. The highest BCUT2D eigenvalue weighted by molar-refractivity contribution is 5.59. The van der Waals surface area contributed by atoms with E-state index in [2.05, 4.69) is 27.2 Å². The Balaban J connectivity index is 2.33. The Morgan fingerprint density at radius 3 is 3.00 bits per heavy atom. The number of nitrogens with zero attached hydrogens (tertiary/aromatic N) is 3. The number of hydrazine groups is 1. The van der Waals surface area contributed by atoms with Gasteiger partial charge in [0.25, 0.3) is 0 Å². The summed E-state index contributed by atoms with van der Waals surface area (Å²) in [6.07, 6.45) is 7.78. The van der Waals surface area contributed by atoms with E-state index in [1.165, 1.54) is 12.8 Å². The molecule has 0 aromatic carbocycles. The zero-order valence-electron chi connectivity index (χ0n) is 12.2. The molecule has 1 atom stereocenters. The van der Waals surface area contributed by atoms with Gasteiger partial charge in [0.1, 0.15) is 18.0 Å². The van der Waals surface area contributed by atoms with Crippen molar-refractivity contribution in [1.82, 2.24) is 9.97 Å². The fourth-order valence-electron chi connectivity index (χ4n) is 2.98. The number of aromatic nitrogens is 2. The third-order valence-corrected chi connectivity index (χ3v) is 3.92. The second-order valence-corrected chi connectivity index (χ2v) is 5.27. The summed E-state index contributed by atoms with van der Waals surface area (Å²) in [6.45, 7) is 3.35. The molecule has 1 aliphatic heterocycles. The standard InChI is InChI=1S/C14H25N5O/c1-2-5-12-13(18-15)16-10-17-14(12)19-8-4-3-6-11(19)7-9-20/h10-11,20H,2-9,15H2,1H3,(H,16,17,18). The van der Waals surface area contributed by atoms with Gasteiger partial charge in [-0.2, -0.15) is 0 Å². The molecule has 6 nitrogen and oxygen atoms in total. The first-order valence-corrected chi connectivity index (χ1v) is 7.49. The van der Waals surface area contributed by atoms with Crippen LogP contribution in [0, 0.1) is 0 Å². The smallest absolute Gasteiger partial charge is 0.148 e.